The Morgan fingerprint density at radius 1 is 1.69 bits per heavy atom. The third-order valence-electron chi connectivity index (χ3n) is 2.49. The van der Waals surface area contributed by atoms with E-state index >= 15 is 0 Å². The predicted molar refractivity (Wildman–Crippen MR) is 50.4 cm³/mol. The van der Waals surface area contributed by atoms with Crippen molar-refractivity contribution in [3.8, 4) is 0 Å². The van der Waals surface area contributed by atoms with E-state index in [4.69, 9.17) is 5.53 Å². The number of hydrogen-bond donors (Lipinski definition) is 0. The first-order valence-corrected chi connectivity index (χ1v) is 4.66. The number of nitrogens with zero attached hydrogens (tertiary/aromatic N) is 2. The number of allylic oxidation sites excluding steroid dienone is 2. The van der Waals surface area contributed by atoms with E-state index in [2.05, 4.69) is 10.9 Å². The maximum Gasteiger partial charge on any atom is 0.323 e. The minimum absolute atomic E-state index is 0.115. The van der Waals surface area contributed by atoms with E-state index in [1.807, 2.05) is 6.92 Å². The van der Waals surface area contributed by atoms with Crippen molar-refractivity contribution in [3.63, 3.8) is 0 Å². The molecule has 0 aromatic rings. The van der Waals surface area contributed by atoms with Crippen molar-refractivity contribution in [1.82, 2.24) is 0 Å². The summed E-state index contributed by atoms with van der Waals surface area (Å²) in [5, 5.41) is 0. The van der Waals surface area contributed by atoms with Crippen LogP contribution in [0.5, 0.6) is 0 Å². The first kappa shape index (κ1) is 9.87. The predicted octanol–water partition coefficient (Wildman–Crippen LogP) is 1.99. The Kier molecular flexibility index (Phi) is 3.59. The fourth-order valence-electron chi connectivity index (χ4n) is 1.61. The van der Waals surface area contributed by atoms with Crippen LogP contribution in [0.25, 0.3) is 5.53 Å². The summed E-state index contributed by atoms with van der Waals surface area (Å²) in [4.78, 5) is 14.0. The number of ketones is 1. The van der Waals surface area contributed by atoms with Gasteiger partial charge in [0.25, 0.3) is 0 Å². The number of hydrogen-bond acceptors (Lipinski definition) is 1. The Balaban J connectivity index is 2.65. The van der Waals surface area contributed by atoms with Gasteiger partial charge in [0.05, 0.1) is 0 Å². The molecule has 0 spiro atoms. The van der Waals surface area contributed by atoms with Crippen LogP contribution in [0.3, 0.4) is 0 Å². The van der Waals surface area contributed by atoms with Crippen molar-refractivity contribution >= 4 is 12.0 Å². The normalized spacial score (nSPS) is 18.4. The molecule has 0 saturated carbocycles. The van der Waals surface area contributed by atoms with Gasteiger partial charge in [-0.15, -0.1) is 0 Å². The molecule has 70 valence electrons. The van der Waals surface area contributed by atoms with E-state index in [1.165, 1.54) is 18.4 Å². The summed E-state index contributed by atoms with van der Waals surface area (Å²) in [6, 6.07) is 0. The molecule has 0 aromatic carbocycles. The zero-order valence-electron chi connectivity index (χ0n) is 7.86. The van der Waals surface area contributed by atoms with Crippen LogP contribution in [-0.4, -0.2) is 16.8 Å². The molecule has 3 nitrogen and oxygen atoms in total. The van der Waals surface area contributed by atoms with E-state index < -0.39 is 0 Å². The molecule has 1 unspecified atom stereocenters. The molecule has 0 saturated heterocycles. The monoisotopic (exact) mass is 178 g/mol. The second kappa shape index (κ2) is 4.73. The second-order valence-electron chi connectivity index (χ2n) is 3.39. The molecule has 0 aliphatic heterocycles. The van der Waals surface area contributed by atoms with Crippen LogP contribution >= 0.6 is 0 Å². The van der Waals surface area contributed by atoms with Gasteiger partial charge in [0.1, 0.15) is 0 Å². The molecule has 1 aliphatic carbocycles. The lowest BCUT2D eigenvalue weighted by atomic mass is 9.88. The first-order chi connectivity index (χ1) is 6.25. The van der Waals surface area contributed by atoms with Crippen molar-refractivity contribution in [1.29, 1.82) is 0 Å². The second-order valence-corrected chi connectivity index (χ2v) is 3.39. The van der Waals surface area contributed by atoms with Crippen molar-refractivity contribution in [3.05, 3.63) is 17.2 Å². The molecule has 1 atom stereocenters. The molecular formula is C10H14N2O. The lowest BCUT2D eigenvalue weighted by Crippen LogP contribution is -2.16. The SMILES string of the molecule is CC(C(=O)C=[N+]=[N-])C1=CCCCC1. The molecule has 0 bridgehead atoms. The van der Waals surface area contributed by atoms with Gasteiger partial charge >= 0.3 is 6.21 Å². The van der Waals surface area contributed by atoms with Crippen LogP contribution < -0.4 is 0 Å². The summed E-state index contributed by atoms with van der Waals surface area (Å²) >= 11 is 0. The minimum atomic E-state index is -0.115. The molecule has 0 aromatic heterocycles. The maximum atomic E-state index is 11.3. The molecule has 13 heavy (non-hydrogen) atoms. The van der Waals surface area contributed by atoms with E-state index in [-0.39, 0.29) is 11.7 Å². The first-order valence-electron chi connectivity index (χ1n) is 4.66. The zero-order valence-corrected chi connectivity index (χ0v) is 7.86. The van der Waals surface area contributed by atoms with Crippen LogP contribution in [0.15, 0.2) is 11.6 Å². The standard InChI is InChI=1S/C10H14N2O/c1-8(10(13)7-12-11)9-5-3-2-4-6-9/h5,7-8H,2-4,6H2,1H3. The average Bonchev–Trinajstić information content (AvgIpc) is 2.18. The fraction of sp³-hybridized carbons (Fsp3) is 0.600. The molecule has 0 N–H and O–H groups in total. The fourth-order valence-corrected chi connectivity index (χ4v) is 1.61. The highest BCUT2D eigenvalue weighted by molar-refractivity contribution is 6.26. The number of rotatable bonds is 3. The summed E-state index contributed by atoms with van der Waals surface area (Å²) < 4.78 is 0. The lowest BCUT2D eigenvalue weighted by molar-refractivity contribution is -0.118. The zero-order chi connectivity index (χ0) is 9.68. The van der Waals surface area contributed by atoms with Gasteiger partial charge in [0, 0.05) is 5.92 Å². The van der Waals surface area contributed by atoms with E-state index in [0.717, 1.165) is 19.1 Å². The Morgan fingerprint density at radius 2 is 2.46 bits per heavy atom. The van der Waals surface area contributed by atoms with Gasteiger partial charge in [-0.05, 0) is 25.7 Å². The highest BCUT2D eigenvalue weighted by Crippen LogP contribution is 2.24. The van der Waals surface area contributed by atoms with Crippen molar-refractivity contribution in [2.45, 2.75) is 32.6 Å². The van der Waals surface area contributed by atoms with Gasteiger partial charge < -0.3 is 5.53 Å². The number of carbonyl (C=O) groups excluding carboxylic acids is 1. The molecule has 3 heteroatoms. The summed E-state index contributed by atoms with van der Waals surface area (Å²) in [5.41, 5.74) is 9.40. The minimum Gasteiger partial charge on any atom is -0.361 e. The summed E-state index contributed by atoms with van der Waals surface area (Å²) in [6.07, 6.45) is 7.59. The van der Waals surface area contributed by atoms with Gasteiger partial charge in [-0.2, -0.15) is 4.79 Å². The van der Waals surface area contributed by atoms with Crippen LogP contribution in [0, 0.1) is 5.92 Å². The van der Waals surface area contributed by atoms with Gasteiger partial charge in [-0.1, -0.05) is 18.6 Å². The van der Waals surface area contributed by atoms with Crippen LogP contribution in [-0.2, 0) is 4.79 Å². The summed E-state index contributed by atoms with van der Waals surface area (Å²) in [5.74, 6) is -0.230. The smallest absolute Gasteiger partial charge is 0.323 e. The van der Waals surface area contributed by atoms with Crippen LogP contribution in [0.2, 0.25) is 0 Å². The average molecular weight is 178 g/mol. The number of Topliss-reactive ketones (excluding diaryl/α,β-unsaturated/α-hetero) is 1. The lowest BCUT2D eigenvalue weighted by Gasteiger charge is -2.15. The van der Waals surface area contributed by atoms with Gasteiger partial charge in [0.15, 0.2) is 0 Å². The van der Waals surface area contributed by atoms with Gasteiger partial charge in [-0.3, -0.25) is 4.79 Å². The highest BCUT2D eigenvalue weighted by Gasteiger charge is 2.19. The molecule has 0 heterocycles. The topological polar surface area (TPSA) is 53.5 Å². The van der Waals surface area contributed by atoms with E-state index in [9.17, 15) is 4.79 Å². The molecule has 0 radical (unpaired) electrons. The third-order valence-corrected chi connectivity index (χ3v) is 2.49. The van der Waals surface area contributed by atoms with Crippen molar-refractivity contribution in [2.24, 2.45) is 5.92 Å². The van der Waals surface area contributed by atoms with Crippen molar-refractivity contribution < 1.29 is 9.58 Å². The third kappa shape index (κ3) is 2.63. The Hall–Kier alpha value is -1.21. The van der Waals surface area contributed by atoms with Crippen LogP contribution in [0.4, 0.5) is 0 Å². The molecule has 1 aliphatic rings. The Morgan fingerprint density at radius 3 is 3.00 bits per heavy atom. The van der Waals surface area contributed by atoms with Gasteiger partial charge in [0.2, 0.25) is 5.78 Å². The van der Waals surface area contributed by atoms with Gasteiger partial charge in [-0.25, -0.2) is 0 Å². The maximum absolute atomic E-state index is 11.3. The summed E-state index contributed by atoms with van der Waals surface area (Å²) in [7, 11) is 0. The van der Waals surface area contributed by atoms with E-state index in [1.54, 1.807) is 0 Å². The Bertz CT molecular complexity index is 275. The Labute approximate surface area is 78.1 Å². The summed E-state index contributed by atoms with van der Waals surface area (Å²) in [6.45, 7) is 1.86. The van der Waals surface area contributed by atoms with Crippen molar-refractivity contribution in [2.75, 3.05) is 0 Å². The largest absolute Gasteiger partial charge is 0.361 e. The number of carbonyl (C=O) groups is 1. The highest BCUT2D eigenvalue weighted by atomic mass is 16.1. The molecular weight excluding hydrogens is 164 g/mol. The van der Waals surface area contributed by atoms with E-state index in [0.29, 0.717) is 0 Å². The van der Waals surface area contributed by atoms with Crippen LogP contribution in [0.1, 0.15) is 32.6 Å². The molecule has 1 rings (SSSR count). The quantitative estimate of drug-likeness (QED) is 0.282. The molecule has 0 amide bonds. The molecule has 0 fully saturated rings.